The quantitative estimate of drug-likeness (QED) is 0.623. The lowest BCUT2D eigenvalue weighted by Crippen LogP contribution is -2.18. The first-order chi connectivity index (χ1) is 4.93. The summed E-state index contributed by atoms with van der Waals surface area (Å²) in [5, 5.41) is 0. The van der Waals surface area contributed by atoms with E-state index >= 15 is 0 Å². The van der Waals surface area contributed by atoms with E-state index in [1.165, 1.54) is 32.1 Å². The van der Waals surface area contributed by atoms with E-state index in [-0.39, 0.29) is 0 Å². The Hall–Kier alpha value is 0.310. The fourth-order valence-corrected chi connectivity index (χ4v) is 1.54. The van der Waals surface area contributed by atoms with Crippen LogP contribution in [0.5, 0.6) is 0 Å². The van der Waals surface area contributed by atoms with Gasteiger partial charge in [-0.05, 0) is 37.9 Å². The molecule has 0 aliphatic carbocycles. The van der Waals surface area contributed by atoms with Crippen LogP contribution in [-0.2, 0) is 4.74 Å². The number of hydrogen-bond donors (Lipinski definition) is 1. The van der Waals surface area contributed by atoms with E-state index in [9.17, 15) is 0 Å². The molecule has 0 aromatic rings. The van der Waals surface area contributed by atoms with Gasteiger partial charge in [0.1, 0.15) is 0 Å². The Labute approximate surface area is 68.6 Å². The highest BCUT2D eigenvalue weighted by Crippen LogP contribution is 2.16. The van der Waals surface area contributed by atoms with Crippen molar-refractivity contribution in [1.29, 1.82) is 0 Å². The average Bonchev–Trinajstić information content (AvgIpc) is 2.03. The van der Waals surface area contributed by atoms with E-state index in [1.54, 1.807) is 0 Å². The van der Waals surface area contributed by atoms with Gasteiger partial charge in [-0.1, -0.05) is 0 Å². The zero-order chi connectivity index (χ0) is 7.23. The predicted octanol–water partition coefficient (Wildman–Crippen LogP) is 2.27. The van der Waals surface area contributed by atoms with Crippen molar-refractivity contribution in [3.8, 4) is 0 Å². The third-order valence-corrected chi connectivity index (χ3v) is 2.27. The van der Waals surface area contributed by atoms with E-state index in [4.69, 9.17) is 4.74 Å². The maximum atomic E-state index is 5.55. The molecule has 2 heteroatoms. The van der Waals surface area contributed by atoms with E-state index in [0.29, 0.717) is 6.10 Å². The first-order valence-electron chi connectivity index (χ1n) is 4.16. The highest BCUT2D eigenvalue weighted by atomic mass is 32.1. The molecule has 1 nitrogen and oxygen atoms in total. The summed E-state index contributed by atoms with van der Waals surface area (Å²) in [5.41, 5.74) is 0. The smallest absolute Gasteiger partial charge is 0.0575 e. The number of rotatable bonds is 3. The summed E-state index contributed by atoms with van der Waals surface area (Å²) in [6.07, 6.45) is 6.86. The summed E-state index contributed by atoms with van der Waals surface area (Å²) < 4.78 is 5.55. The third kappa shape index (κ3) is 2.93. The lowest BCUT2D eigenvalue weighted by molar-refractivity contribution is 0.0111. The van der Waals surface area contributed by atoms with Crippen LogP contribution in [0.25, 0.3) is 0 Å². The van der Waals surface area contributed by atoms with Gasteiger partial charge < -0.3 is 4.74 Å². The maximum absolute atomic E-state index is 5.55. The molecule has 1 unspecified atom stereocenters. The van der Waals surface area contributed by atoms with Crippen molar-refractivity contribution in [3.63, 3.8) is 0 Å². The fourth-order valence-electron chi connectivity index (χ4n) is 1.35. The zero-order valence-electron chi connectivity index (χ0n) is 6.38. The average molecular weight is 160 g/mol. The minimum atomic E-state index is 0.556. The van der Waals surface area contributed by atoms with Crippen molar-refractivity contribution in [2.75, 3.05) is 12.4 Å². The summed E-state index contributed by atoms with van der Waals surface area (Å²) in [7, 11) is 0. The molecule has 1 fully saturated rings. The molecule has 1 rings (SSSR count). The molecule has 1 saturated heterocycles. The normalized spacial score (nSPS) is 26.7. The molecule has 0 amide bonds. The van der Waals surface area contributed by atoms with Crippen LogP contribution in [0, 0.1) is 0 Å². The molecule has 0 saturated carbocycles. The highest BCUT2D eigenvalue weighted by Gasteiger charge is 2.11. The molecule has 1 aliphatic rings. The molecule has 1 atom stereocenters. The van der Waals surface area contributed by atoms with Crippen molar-refractivity contribution in [3.05, 3.63) is 0 Å². The number of ether oxygens (including phenoxy) is 1. The maximum Gasteiger partial charge on any atom is 0.0575 e. The van der Waals surface area contributed by atoms with E-state index in [2.05, 4.69) is 12.6 Å². The second-order valence-electron chi connectivity index (χ2n) is 2.85. The van der Waals surface area contributed by atoms with Gasteiger partial charge in [0.25, 0.3) is 0 Å². The van der Waals surface area contributed by atoms with E-state index in [1.807, 2.05) is 0 Å². The second-order valence-corrected chi connectivity index (χ2v) is 3.30. The van der Waals surface area contributed by atoms with Crippen LogP contribution in [0.4, 0.5) is 0 Å². The van der Waals surface area contributed by atoms with Crippen LogP contribution in [0.3, 0.4) is 0 Å². The van der Waals surface area contributed by atoms with E-state index in [0.717, 1.165) is 12.4 Å². The van der Waals surface area contributed by atoms with Gasteiger partial charge >= 0.3 is 0 Å². The largest absolute Gasteiger partial charge is 0.378 e. The topological polar surface area (TPSA) is 9.23 Å². The molecule has 0 radical (unpaired) electrons. The summed E-state index contributed by atoms with van der Waals surface area (Å²) in [6.45, 7) is 0.983. The predicted molar refractivity (Wildman–Crippen MR) is 46.7 cm³/mol. The molecule has 10 heavy (non-hydrogen) atoms. The molecule has 0 aromatic carbocycles. The standard InChI is InChI=1S/C8H16OS/c10-7-3-5-8-4-1-2-6-9-8/h8,10H,1-7H2. The molecule has 0 N–H and O–H groups in total. The third-order valence-electron chi connectivity index (χ3n) is 1.96. The molecule has 1 aliphatic heterocycles. The van der Waals surface area contributed by atoms with Gasteiger partial charge in [0.15, 0.2) is 0 Å². The lowest BCUT2D eigenvalue weighted by atomic mass is 10.1. The van der Waals surface area contributed by atoms with Crippen LogP contribution >= 0.6 is 12.6 Å². The van der Waals surface area contributed by atoms with Gasteiger partial charge in [-0.3, -0.25) is 0 Å². The molecule has 0 bridgehead atoms. The summed E-state index contributed by atoms with van der Waals surface area (Å²) in [4.78, 5) is 0. The van der Waals surface area contributed by atoms with E-state index < -0.39 is 0 Å². The van der Waals surface area contributed by atoms with Gasteiger partial charge in [0.05, 0.1) is 6.10 Å². The van der Waals surface area contributed by atoms with Gasteiger partial charge in [0, 0.05) is 6.61 Å². The Kier molecular flexibility index (Phi) is 4.23. The second kappa shape index (κ2) is 5.03. The fraction of sp³-hybridized carbons (Fsp3) is 1.00. The molecule has 1 heterocycles. The van der Waals surface area contributed by atoms with Crippen molar-refractivity contribution in [1.82, 2.24) is 0 Å². The Morgan fingerprint density at radius 1 is 1.40 bits per heavy atom. The summed E-state index contributed by atoms with van der Waals surface area (Å²) in [5.74, 6) is 1.000. The van der Waals surface area contributed by atoms with Crippen LogP contribution in [0.2, 0.25) is 0 Å². The van der Waals surface area contributed by atoms with Crippen molar-refractivity contribution in [2.24, 2.45) is 0 Å². The van der Waals surface area contributed by atoms with Crippen molar-refractivity contribution < 1.29 is 4.74 Å². The molecule has 60 valence electrons. The Morgan fingerprint density at radius 3 is 2.90 bits per heavy atom. The van der Waals surface area contributed by atoms with Crippen LogP contribution in [-0.4, -0.2) is 18.5 Å². The minimum absolute atomic E-state index is 0.556. The van der Waals surface area contributed by atoms with Gasteiger partial charge in [0.2, 0.25) is 0 Å². The summed E-state index contributed by atoms with van der Waals surface area (Å²) in [6, 6.07) is 0. The van der Waals surface area contributed by atoms with Gasteiger partial charge in [-0.15, -0.1) is 0 Å². The molecule has 0 aromatic heterocycles. The number of hydrogen-bond acceptors (Lipinski definition) is 2. The SMILES string of the molecule is SCCCC1CCCCO1. The lowest BCUT2D eigenvalue weighted by Gasteiger charge is -2.21. The summed E-state index contributed by atoms with van der Waals surface area (Å²) >= 11 is 4.16. The molecule has 0 spiro atoms. The monoisotopic (exact) mass is 160 g/mol. The van der Waals surface area contributed by atoms with Crippen molar-refractivity contribution in [2.45, 2.75) is 38.2 Å². The van der Waals surface area contributed by atoms with Gasteiger partial charge in [-0.2, -0.15) is 12.6 Å². The molecular weight excluding hydrogens is 144 g/mol. The van der Waals surface area contributed by atoms with Gasteiger partial charge in [-0.25, -0.2) is 0 Å². The first-order valence-corrected chi connectivity index (χ1v) is 4.79. The van der Waals surface area contributed by atoms with Crippen LogP contribution in [0.1, 0.15) is 32.1 Å². The number of thiol groups is 1. The van der Waals surface area contributed by atoms with Crippen LogP contribution < -0.4 is 0 Å². The van der Waals surface area contributed by atoms with Crippen LogP contribution in [0.15, 0.2) is 0 Å². The minimum Gasteiger partial charge on any atom is -0.378 e. The Bertz CT molecular complexity index is 79.3. The Balaban J connectivity index is 2.02. The first kappa shape index (κ1) is 8.41. The molecular formula is C8H16OS. The Morgan fingerprint density at radius 2 is 2.30 bits per heavy atom. The van der Waals surface area contributed by atoms with Crippen molar-refractivity contribution >= 4 is 12.6 Å². The zero-order valence-corrected chi connectivity index (χ0v) is 7.28. The highest BCUT2D eigenvalue weighted by molar-refractivity contribution is 7.80.